The van der Waals surface area contributed by atoms with E-state index >= 15 is 0 Å². The zero-order valence-electron chi connectivity index (χ0n) is 10.6. The van der Waals surface area contributed by atoms with E-state index in [1.54, 1.807) is 6.07 Å². The third kappa shape index (κ3) is 2.92. The maximum absolute atomic E-state index is 12.0. The minimum atomic E-state index is -3.75. The maximum Gasteiger partial charge on any atom is 0.244 e. The van der Waals surface area contributed by atoms with Crippen molar-refractivity contribution >= 4 is 10.0 Å². The lowest BCUT2D eigenvalue weighted by Gasteiger charge is -2.10. The van der Waals surface area contributed by atoms with Crippen LogP contribution in [0.15, 0.2) is 23.1 Å². The number of hydrogen-bond donors (Lipinski definition) is 3. The van der Waals surface area contributed by atoms with Gasteiger partial charge in [0, 0.05) is 12.1 Å². The Morgan fingerprint density at radius 1 is 1.45 bits per heavy atom. The molecule has 1 heterocycles. The fourth-order valence-corrected chi connectivity index (χ4v) is 2.74. The molecule has 0 aliphatic heterocycles. The lowest BCUT2D eigenvalue weighted by atomic mass is 10.2. The van der Waals surface area contributed by atoms with Crippen LogP contribution < -0.4 is 9.46 Å². The molecule has 108 valence electrons. The van der Waals surface area contributed by atoms with E-state index in [0.717, 1.165) is 0 Å². The van der Waals surface area contributed by atoms with Crippen LogP contribution in [0.2, 0.25) is 0 Å². The minimum Gasteiger partial charge on any atom is -0.495 e. The highest BCUT2D eigenvalue weighted by Gasteiger charge is 2.20. The molecule has 2 aromatic rings. The van der Waals surface area contributed by atoms with E-state index in [9.17, 15) is 8.42 Å². The Hall–Kier alpha value is -2.04. The Morgan fingerprint density at radius 3 is 2.85 bits per heavy atom. The number of benzene rings is 1. The van der Waals surface area contributed by atoms with Gasteiger partial charge in [0.2, 0.25) is 15.8 Å². The molecule has 0 amide bonds. The molecule has 1 aromatic heterocycles. The molecule has 0 aliphatic carbocycles. The van der Waals surface area contributed by atoms with Crippen molar-refractivity contribution in [2.45, 2.75) is 4.90 Å². The number of ether oxygens (including phenoxy) is 1. The second-order valence-electron chi connectivity index (χ2n) is 3.72. The molecule has 10 heteroatoms. The number of hydrogen-bond acceptors (Lipinski definition) is 7. The Kier molecular flexibility index (Phi) is 4.27. The third-order valence-electron chi connectivity index (χ3n) is 2.46. The average Bonchev–Trinajstić information content (AvgIpc) is 2.98. The lowest BCUT2D eigenvalue weighted by Crippen LogP contribution is -2.27. The summed E-state index contributed by atoms with van der Waals surface area (Å²) in [5.74, 6) is 0.480. The van der Waals surface area contributed by atoms with Crippen molar-refractivity contribution in [3.8, 4) is 17.1 Å². The molecule has 0 spiro atoms. The number of H-pyrrole nitrogens is 1. The monoisotopic (exact) mass is 299 g/mol. The van der Waals surface area contributed by atoms with Gasteiger partial charge in [0.25, 0.3) is 0 Å². The van der Waals surface area contributed by atoms with Crippen molar-refractivity contribution in [2.24, 2.45) is 0 Å². The molecule has 0 saturated carbocycles. The first kappa shape index (κ1) is 14.4. The molecule has 3 N–H and O–H groups in total. The standard InChI is InChI=1S/C10H13N5O4S/c1-19-8-6-7(10-12-14-15-13-10)2-3-9(8)20(17,18)11-4-5-16/h2-3,6,11,16H,4-5H2,1H3,(H,12,13,14,15). The molecule has 0 atom stereocenters. The Balaban J connectivity index is 2.41. The average molecular weight is 299 g/mol. The number of sulfonamides is 1. The van der Waals surface area contributed by atoms with Gasteiger partial charge in [0.15, 0.2) is 0 Å². The Labute approximate surface area is 115 Å². The predicted molar refractivity (Wildman–Crippen MR) is 68.4 cm³/mol. The highest BCUT2D eigenvalue weighted by atomic mass is 32.2. The molecular formula is C10H13N5O4S. The summed E-state index contributed by atoms with van der Waals surface area (Å²) in [5.41, 5.74) is 0.566. The van der Waals surface area contributed by atoms with Gasteiger partial charge in [0.1, 0.15) is 10.6 Å². The fourth-order valence-electron chi connectivity index (χ4n) is 1.57. The first-order valence-corrected chi connectivity index (χ1v) is 7.09. The Bertz CT molecular complexity index is 671. The summed E-state index contributed by atoms with van der Waals surface area (Å²) < 4.78 is 31.4. The van der Waals surface area contributed by atoms with Gasteiger partial charge >= 0.3 is 0 Å². The number of rotatable bonds is 6. The summed E-state index contributed by atoms with van der Waals surface area (Å²) in [4.78, 5) is -0.0271. The van der Waals surface area contributed by atoms with Crippen LogP contribution in [0.3, 0.4) is 0 Å². The molecule has 0 saturated heterocycles. The number of aliphatic hydroxyl groups is 1. The van der Waals surface area contributed by atoms with Crippen LogP contribution in [0.25, 0.3) is 11.4 Å². The van der Waals surface area contributed by atoms with Gasteiger partial charge in [-0.1, -0.05) is 0 Å². The van der Waals surface area contributed by atoms with Crippen molar-refractivity contribution < 1.29 is 18.3 Å². The molecule has 1 aromatic carbocycles. The molecule has 2 rings (SSSR count). The summed E-state index contributed by atoms with van der Waals surface area (Å²) >= 11 is 0. The van der Waals surface area contributed by atoms with Gasteiger partial charge in [-0.2, -0.15) is 5.21 Å². The van der Waals surface area contributed by atoms with Gasteiger partial charge in [0.05, 0.1) is 13.7 Å². The number of tetrazole rings is 1. The smallest absolute Gasteiger partial charge is 0.244 e. The van der Waals surface area contributed by atoms with E-state index < -0.39 is 10.0 Å². The van der Waals surface area contributed by atoms with Crippen molar-refractivity contribution in [1.29, 1.82) is 0 Å². The highest BCUT2D eigenvalue weighted by molar-refractivity contribution is 7.89. The summed E-state index contributed by atoms with van der Waals surface area (Å²) in [5, 5.41) is 22.0. The molecule has 20 heavy (non-hydrogen) atoms. The quantitative estimate of drug-likeness (QED) is 0.633. The van der Waals surface area contributed by atoms with E-state index in [2.05, 4.69) is 25.3 Å². The van der Waals surface area contributed by atoms with Crippen molar-refractivity contribution in [3.63, 3.8) is 0 Å². The van der Waals surface area contributed by atoms with E-state index in [-0.39, 0.29) is 23.8 Å². The number of nitrogens with one attached hydrogen (secondary N) is 2. The summed E-state index contributed by atoms with van der Waals surface area (Å²) in [7, 11) is -2.39. The zero-order chi connectivity index (χ0) is 14.6. The van der Waals surface area contributed by atoms with E-state index in [1.165, 1.54) is 19.2 Å². The van der Waals surface area contributed by atoms with Crippen LogP contribution in [0.1, 0.15) is 0 Å². The van der Waals surface area contributed by atoms with Crippen molar-refractivity contribution in [2.75, 3.05) is 20.3 Å². The topological polar surface area (TPSA) is 130 Å². The van der Waals surface area contributed by atoms with Crippen molar-refractivity contribution in [3.05, 3.63) is 18.2 Å². The van der Waals surface area contributed by atoms with Gasteiger partial charge < -0.3 is 9.84 Å². The largest absolute Gasteiger partial charge is 0.495 e. The number of methoxy groups -OCH3 is 1. The van der Waals surface area contributed by atoms with Crippen LogP contribution in [0.5, 0.6) is 5.75 Å². The van der Waals surface area contributed by atoms with Crippen LogP contribution in [-0.4, -0.2) is 54.4 Å². The summed E-state index contributed by atoms with van der Waals surface area (Å²) in [6, 6.07) is 4.42. The van der Waals surface area contributed by atoms with Crippen LogP contribution >= 0.6 is 0 Å². The number of aromatic amines is 1. The van der Waals surface area contributed by atoms with E-state index in [1.807, 2.05) is 0 Å². The van der Waals surface area contributed by atoms with E-state index in [4.69, 9.17) is 9.84 Å². The highest BCUT2D eigenvalue weighted by Crippen LogP contribution is 2.28. The minimum absolute atomic E-state index is 0.0271. The maximum atomic E-state index is 12.0. The van der Waals surface area contributed by atoms with Crippen LogP contribution in [0, 0.1) is 0 Å². The molecule has 0 fully saturated rings. The number of aromatic nitrogens is 4. The van der Waals surface area contributed by atoms with Crippen LogP contribution in [0.4, 0.5) is 0 Å². The van der Waals surface area contributed by atoms with E-state index in [0.29, 0.717) is 11.4 Å². The van der Waals surface area contributed by atoms with Gasteiger partial charge in [-0.15, -0.1) is 10.2 Å². The Morgan fingerprint density at radius 2 is 2.25 bits per heavy atom. The molecular weight excluding hydrogens is 286 g/mol. The molecule has 0 unspecified atom stereocenters. The summed E-state index contributed by atoms with van der Waals surface area (Å²) in [6.07, 6.45) is 0. The molecule has 0 radical (unpaired) electrons. The van der Waals surface area contributed by atoms with Gasteiger partial charge in [-0.3, -0.25) is 0 Å². The number of nitrogens with zero attached hydrogens (tertiary/aromatic N) is 3. The fraction of sp³-hybridized carbons (Fsp3) is 0.300. The predicted octanol–water partition coefficient (Wildman–Crippen LogP) is -0.854. The van der Waals surface area contributed by atoms with Crippen LogP contribution in [-0.2, 0) is 10.0 Å². The van der Waals surface area contributed by atoms with Crippen molar-refractivity contribution in [1.82, 2.24) is 25.3 Å². The lowest BCUT2D eigenvalue weighted by molar-refractivity contribution is 0.301. The molecule has 9 nitrogen and oxygen atoms in total. The molecule has 0 aliphatic rings. The van der Waals surface area contributed by atoms with Gasteiger partial charge in [-0.05, 0) is 23.4 Å². The number of aliphatic hydroxyl groups excluding tert-OH is 1. The normalized spacial score (nSPS) is 11.5. The second kappa shape index (κ2) is 5.94. The summed E-state index contributed by atoms with van der Waals surface area (Å²) in [6.45, 7) is -0.361. The first-order chi connectivity index (χ1) is 9.58. The SMILES string of the molecule is COc1cc(-c2nn[nH]n2)ccc1S(=O)(=O)NCCO. The van der Waals surface area contributed by atoms with Gasteiger partial charge in [-0.25, -0.2) is 13.1 Å². The zero-order valence-corrected chi connectivity index (χ0v) is 11.4. The second-order valence-corrected chi connectivity index (χ2v) is 5.46. The first-order valence-electron chi connectivity index (χ1n) is 5.61. The molecule has 0 bridgehead atoms. The third-order valence-corrected chi connectivity index (χ3v) is 3.96.